The molecule has 220 valence electrons. The summed E-state index contributed by atoms with van der Waals surface area (Å²) >= 11 is 0. The molecule has 4 nitrogen and oxygen atoms in total. The number of anilines is 6. The van der Waals surface area contributed by atoms with Crippen LogP contribution in [-0.2, 0) is 0 Å². The molecule has 47 heavy (non-hydrogen) atoms. The van der Waals surface area contributed by atoms with Crippen molar-refractivity contribution in [3.63, 3.8) is 0 Å². The third-order valence-electron chi connectivity index (χ3n) is 10.1. The summed E-state index contributed by atoms with van der Waals surface area (Å²) in [7, 11) is -2.84. The van der Waals surface area contributed by atoms with Crippen molar-refractivity contribution >= 4 is 68.7 Å². The predicted octanol–water partition coefficient (Wildman–Crippen LogP) is 7.24. The first-order chi connectivity index (χ1) is 23.3. The van der Waals surface area contributed by atoms with E-state index >= 15 is 0 Å². The van der Waals surface area contributed by atoms with E-state index in [0.717, 1.165) is 28.1 Å². The van der Waals surface area contributed by atoms with Crippen LogP contribution in [-0.4, -0.2) is 18.8 Å². The van der Waals surface area contributed by atoms with Gasteiger partial charge in [0.25, 0.3) is 0 Å². The molecule has 3 heterocycles. The molecular formula is C42H27N3OSi. The van der Waals surface area contributed by atoms with Crippen molar-refractivity contribution in [3.05, 3.63) is 175 Å². The lowest BCUT2D eigenvalue weighted by atomic mass is 10.0. The van der Waals surface area contributed by atoms with E-state index in [4.69, 9.17) is 0 Å². The minimum Gasteiger partial charge on any atom is -0.311 e. The Morgan fingerprint density at radius 1 is 0.426 bits per heavy atom. The molecule has 0 saturated carbocycles. The van der Waals surface area contributed by atoms with E-state index in [0.29, 0.717) is 5.56 Å². The highest BCUT2D eigenvalue weighted by Crippen LogP contribution is 2.45. The van der Waals surface area contributed by atoms with E-state index in [1.165, 1.54) is 43.5 Å². The molecule has 1 aliphatic carbocycles. The summed E-state index contributed by atoms with van der Waals surface area (Å²) in [5, 5.41) is 5.46. The lowest BCUT2D eigenvalue weighted by Crippen LogP contribution is -2.79. The van der Waals surface area contributed by atoms with E-state index in [1.807, 2.05) is 12.1 Å². The Morgan fingerprint density at radius 3 is 1.47 bits per heavy atom. The minimum atomic E-state index is -2.84. The van der Waals surface area contributed by atoms with Crippen LogP contribution in [0.4, 0.5) is 34.1 Å². The smallest absolute Gasteiger partial charge is 0.195 e. The van der Waals surface area contributed by atoms with Crippen molar-refractivity contribution in [1.29, 1.82) is 0 Å². The summed E-state index contributed by atoms with van der Waals surface area (Å²) in [6.45, 7) is 0. The molecule has 0 radical (unpaired) electrons. The second kappa shape index (κ2) is 9.73. The zero-order valence-corrected chi connectivity index (χ0v) is 26.3. The van der Waals surface area contributed by atoms with Crippen LogP contribution in [0.2, 0.25) is 0 Å². The van der Waals surface area contributed by atoms with Crippen molar-refractivity contribution in [1.82, 2.24) is 4.98 Å². The van der Waals surface area contributed by atoms with Crippen LogP contribution >= 0.6 is 0 Å². The van der Waals surface area contributed by atoms with Crippen molar-refractivity contribution in [2.24, 2.45) is 0 Å². The lowest BCUT2D eigenvalue weighted by Gasteiger charge is -2.50. The molecule has 6 aromatic carbocycles. The van der Waals surface area contributed by atoms with Gasteiger partial charge in [-0.25, -0.2) is 0 Å². The number of carbonyl (C=O) groups is 1. The maximum Gasteiger partial charge on any atom is 0.195 e. The molecule has 0 saturated heterocycles. The average molecular weight is 618 g/mol. The first-order valence-corrected chi connectivity index (χ1v) is 17.9. The van der Waals surface area contributed by atoms with Crippen LogP contribution in [0.1, 0.15) is 15.9 Å². The van der Waals surface area contributed by atoms with Gasteiger partial charge < -0.3 is 9.80 Å². The van der Waals surface area contributed by atoms with Crippen LogP contribution in [0.15, 0.2) is 164 Å². The molecule has 0 bridgehead atoms. The van der Waals surface area contributed by atoms with Gasteiger partial charge in [0.05, 0.1) is 0 Å². The monoisotopic (exact) mass is 617 g/mol. The third kappa shape index (κ3) is 3.41. The van der Waals surface area contributed by atoms with E-state index in [-0.39, 0.29) is 5.78 Å². The zero-order chi connectivity index (χ0) is 31.1. The largest absolute Gasteiger partial charge is 0.311 e. The van der Waals surface area contributed by atoms with Crippen molar-refractivity contribution in [2.45, 2.75) is 0 Å². The number of aromatic nitrogens is 1. The fraction of sp³-hybridized carbons (Fsp3) is 0. The Balaban J connectivity index is 1.28. The van der Waals surface area contributed by atoms with Crippen LogP contribution in [0, 0.1) is 0 Å². The molecule has 1 aromatic heterocycles. The number of benzene rings is 6. The summed E-state index contributed by atoms with van der Waals surface area (Å²) < 4.78 is 0. The topological polar surface area (TPSA) is 36.4 Å². The predicted molar refractivity (Wildman–Crippen MR) is 193 cm³/mol. The van der Waals surface area contributed by atoms with Crippen LogP contribution in [0.3, 0.4) is 0 Å². The summed E-state index contributed by atoms with van der Waals surface area (Å²) in [4.78, 5) is 22.4. The number of nitrogens with zero attached hydrogens (tertiary/aromatic N) is 3. The summed E-state index contributed by atoms with van der Waals surface area (Å²) in [6.07, 6.45) is 3.46. The molecule has 2 aliphatic heterocycles. The maximum absolute atomic E-state index is 13.3. The highest BCUT2D eigenvalue weighted by molar-refractivity contribution is 7.23. The quantitative estimate of drug-likeness (QED) is 0.192. The van der Waals surface area contributed by atoms with E-state index in [9.17, 15) is 4.79 Å². The van der Waals surface area contributed by atoms with Crippen LogP contribution in [0.25, 0.3) is 11.1 Å². The Hall–Kier alpha value is -6.04. The normalized spacial score (nSPS) is 14.5. The second-order valence-corrected chi connectivity index (χ2v) is 16.0. The molecule has 10 rings (SSSR count). The van der Waals surface area contributed by atoms with Crippen molar-refractivity contribution in [2.75, 3.05) is 9.80 Å². The van der Waals surface area contributed by atoms with E-state index in [1.54, 1.807) is 12.4 Å². The Kier molecular flexibility index (Phi) is 5.42. The van der Waals surface area contributed by atoms with Crippen LogP contribution < -0.4 is 30.5 Å². The van der Waals surface area contributed by atoms with E-state index in [2.05, 4.69) is 154 Å². The maximum atomic E-state index is 13.3. The highest BCUT2D eigenvalue weighted by Gasteiger charge is 2.53. The van der Waals surface area contributed by atoms with Gasteiger partial charge in [-0.05, 0) is 92.5 Å². The Morgan fingerprint density at radius 2 is 0.915 bits per heavy atom. The molecule has 0 fully saturated rings. The molecule has 5 heteroatoms. The fourth-order valence-corrected chi connectivity index (χ4v) is 13.7. The number of ketones is 1. The summed E-state index contributed by atoms with van der Waals surface area (Å²) in [5.74, 6) is 0.0406. The van der Waals surface area contributed by atoms with Gasteiger partial charge in [0.1, 0.15) is 0 Å². The molecule has 1 spiro atoms. The lowest BCUT2D eigenvalue weighted by molar-refractivity contribution is 0.104. The highest BCUT2D eigenvalue weighted by atomic mass is 28.3. The second-order valence-electron chi connectivity index (χ2n) is 12.3. The van der Waals surface area contributed by atoms with Crippen LogP contribution in [0.5, 0.6) is 0 Å². The number of carbonyl (C=O) groups excluding carboxylic acids is 1. The van der Waals surface area contributed by atoms with Gasteiger partial charge in [-0.1, -0.05) is 91.0 Å². The molecule has 3 aliphatic rings. The SMILES string of the molecule is O=C1c2cnccc2-c2cc(N3c4ccccc4[Si]4(c5ccccc5N(c5ccccc5)c5ccccc54)c4ccccc43)ccc21. The first kappa shape index (κ1) is 26.2. The number of hydrogen-bond donors (Lipinski definition) is 0. The summed E-state index contributed by atoms with van der Waals surface area (Å²) in [5.41, 5.74) is 10.3. The number of para-hydroxylation sites is 5. The number of pyridine rings is 1. The Bertz CT molecular complexity index is 2320. The first-order valence-electron chi connectivity index (χ1n) is 15.9. The molecule has 0 atom stereocenters. The Labute approximate surface area is 273 Å². The number of hydrogen-bond acceptors (Lipinski definition) is 4. The summed E-state index contributed by atoms with van der Waals surface area (Å²) in [6, 6.07) is 54.9. The average Bonchev–Trinajstić information content (AvgIpc) is 3.42. The van der Waals surface area contributed by atoms with Gasteiger partial charge in [-0.2, -0.15) is 0 Å². The van der Waals surface area contributed by atoms with Gasteiger partial charge in [-0.15, -0.1) is 0 Å². The zero-order valence-electron chi connectivity index (χ0n) is 25.3. The van der Waals surface area contributed by atoms with Gasteiger partial charge in [0.15, 0.2) is 13.9 Å². The van der Waals surface area contributed by atoms with Gasteiger partial charge in [0, 0.05) is 57.6 Å². The molecule has 0 unspecified atom stereocenters. The van der Waals surface area contributed by atoms with E-state index < -0.39 is 8.07 Å². The molecular weight excluding hydrogens is 591 g/mol. The molecule has 0 N–H and O–H groups in total. The fourth-order valence-electron chi connectivity index (χ4n) is 8.25. The van der Waals surface area contributed by atoms with Gasteiger partial charge in [0.2, 0.25) is 0 Å². The number of fused-ring (bicyclic) bond motifs is 11. The molecule has 0 amide bonds. The third-order valence-corrected chi connectivity index (χ3v) is 15.0. The van der Waals surface area contributed by atoms with Gasteiger partial charge in [-0.3, -0.25) is 9.78 Å². The standard InChI is InChI=1S/C42H27N3OSi/c46-42-31-23-22-29(26-32(31)30-24-25-43-27-33(30)42)45-36-16-6-10-20-40(36)47(41-21-11-7-17-37(41)45)38-18-8-4-14-34(38)44(28-12-2-1-3-13-28)35-15-5-9-19-39(35)47/h1-27H. The van der Waals surface area contributed by atoms with Crippen molar-refractivity contribution < 1.29 is 4.79 Å². The minimum absolute atomic E-state index is 0.0406. The number of rotatable bonds is 2. The van der Waals surface area contributed by atoms with Crippen molar-refractivity contribution in [3.8, 4) is 11.1 Å². The molecule has 7 aromatic rings. The van der Waals surface area contributed by atoms with Gasteiger partial charge >= 0.3 is 0 Å².